The Hall–Kier alpha value is -4.24. The van der Waals surface area contributed by atoms with E-state index < -0.39 is 17.5 Å². The highest BCUT2D eigenvalue weighted by Gasteiger charge is 2.43. The topological polar surface area (TPSA) is 105 Å². The Morgan fingerprint density at radius 3 is 2.62 bits per heavy atom. The number of imide groups is 1. The molecule has 1 aliphatic rings. The van der Waals surface area contributed by atoms with Gasteiger partial charge in [0.15, 0.2) is 0 Å². The predicted octanol–water partition coefficient (Wildman–Crippen LogP) is 3.97. The van der Waals surface area contributed by atoms with Crippen LogP contribution in [-0.4, -0.2) is 27.6 Å². The van der Waals surface area contributed by atoms with Crippen LogP contribution in [0.15, 0.2) is 78.3 Å². The molecule has 34 heavy (non-hydrogen) atoms. The molecule has 0 bridgehead atoms. The lowest BCUT2D eigenvalue weighted by molar-refractivity contribution is -0.123. The van der Waals surface area contributed by atoms with E-state index in [1.54, 1.807) is 42.1 Å². The number of aromatic nitrogens is 2. The monoisotopic (exact) mass is 471 g/mol. The van der Waals surface area contributed by atoms with Crippen molar-refractivity contribution >= 4 is 34.9 Å². The number of hydrogen-bond acceptors (Lipinski definition) is 5. The summed E-state index contributed by atoms with van der Waals surface area (Å²) in [6, 6.07) is 20.1. The highest BCUT2D eigenvalue weighted by molar-refractivity contribution is 7.13. The number of thiophene rings is 1. The first kappa shape index (κ1) is 21.6. The third kappa shape index (κ3) is 4.08. The zero-order valence-electron chi connectivity index (χ0n) is 18.2. The van der Waals surface area contributed by atoms with Gasteiger partial charge in [-0.1, -0.05) is 48.5 Å². The zero-order chi connectivity index (χ0) is 23.7. The first-order chi connectivity index (χ1) is 16.4. The maximum absolute atomic E-state index is 13.3. The fraction of sp³-hybridized carbons (Fsp3) is 0.120. The average molecular weight is 472 g/mol. The zero-order valence-corrected chi connectivity index (χ0v) is 19.1. The lowest BCUT2D eigenvalue weighted by Gasteiger charge is -2.21. The molecule has 1 atom stereocenters. The van der Waals surface area contributed by atoms with Crippen molar-refractivity contribution in [2.24, 2.45) is 0 Å². The molecule has 0 saturated carbocycles. The van der Waals surface area contributed by atoms with Gasteiger partial charge >= 0.3 is 6.03 Å². The van der Waals surface area contributed by atoms with Crippen LogP contribution in [0.5, 0.6) is 0 Å². The molecule has 2 aromatic heterocycles. The van der Waals surface area contributed by atoms with Crippen molar-refractivity contribution in [3.8, 4) is 10.6 Å². The van der Waals surface area contributed by atoms with Gasteiger partial charge in [-0.2, -0.15) is 5.10 Å². The summed E-state index contributed by atoms with van der Waals surface area (Å²) in [4.78, 5) is 38.2. The molecule has 2 aromatic carbocycles. The molecular formula is C25H21N5O3S. The fourth-order valence-electron chi connectivity index (χ4n) is 3.89. The van der Waals surface area contributed by atoms with E-state index in [1.165, 1.54) is 11.3 Å². The highest BCUT2D eigenvalue weighted by atomic mass is 32.1. The highest BCUT2D eigenvalue weighted by Crippen LogP contribution is 2.29. The van der Waals surface area contributed by atoms with Crippen molar-refractivity contribution in [1.82, 2.24) is 20.4 Å². The number of rotatable bonds is 6. The summed E-state index contributed by atoms with van der Waals surface area (Å²) in [5, 5.41) is 14.4. The van der Waals surface area contributed by atoms with Gasteiger partial charge in [-0.15, -0.1) is 11.3 Å². The number of carbonyl (C=O) groups is 3. The Kier molecular flexibility index (Phi) is 5.46. The molecular weight excluding hydrogens is 450 g/mol. The van der Waals surface area contributed by atoms with E-state index >= 15 is 0 Å². The van der Waals surface area contributed by atoms with Crippen LogP contribution in [-0.2, 0) is 16.9 Å². The third-order valence-corrected chi connectivity index (χ3v) is 6.57. The average Bonchev–Trinajstić information content (AvgIpc) is 3.55. The van der Waals surface area contributed by atoms with Gasteiger partial charge < -0.3 is 10.6 Å². The lowest BCUT2D eigenvalue weighted by Crippen LogP contribution is -2.40. The van der Waals surface area contributed by atoms with Gasteiger partial charge in [0, 0.05) is 11.9 Å². The van der Waals surface area contributed by atoms with Crippen molar-refractivity contribution in [2.75, 3.05) is 5.32 Å². The summed E-state index contributed by atoms with van der Waals surface area (Å²) < 4.78 is 1.76. The number of nitrogens with one attached hydrogen (secondary N) is 3. The molecule has 0 spiro atoms. The standard InChI is InChI=1S/C25H21N5O3S/c1-25(23(32)27-24(33)28-25)17-9-5-10-18(13-17)26-22(31)19-15-30(14-16-7-3-2-4-8-16)29-21(19)20-11-6-12-34-20/h2-13,15H,14H2,1H3,(H,26,31)(H2,27,28,32,33). The molecule has 9 heteroatoms. The van der Waals surface area contributed by atoms with E-state index in [0.717, 1.165) is 10.4 Å². The predicted molar refractivity (Wildman–Crippen MR) is 130 cm³/mol. The Bertz CT molecular complexity index is 1380. The fourth-order valence-corrected chi connectivity index (χ4v) is 4.61. The molecule has 1 unspecified atom stereocenters. The van der Waals surface area contributed by atoms with Crippen molar-refractivity contribution in [3.63, 3.8) is 0 Å². The quantitative estimate of drug-likeness (QED) is 0.370. The summed E-state index contributed by atoms with van der Waals surface area (Å²) in [6.07, 6.45) is 1.74. The Balaban J connectivity index is 1.44. The Morgan fingerprint density at radius 1 is 1.09 bits per heavy atom. The second-order valence-electron chi connectivity index (χ2n) is 8.12. The van der Waals surface area contributed by atoms with Crippen molar-refractivity contribution in [1.29, 1.82) is 0 Å². The van der Waals surface area contributed by atoms with Gasteiger partial charge in [0.2, 0.25) is 0 Å². The number of carbonyl (C=O) groups excluding carboxylic acids is 3. The van der Waals surface area contributed by atoms with E-state index in [1.807, 2.05) is 47.8 Å². The van der Waals surface area contributed by atoms with Gasteiger partial charge in [0.1, 0.15) is 11.2 Å². The SMILES string of the molecule is CC1(c2cccc(NC(=O)c3cn(Cc4ccccc4)nc3-c3cccs3)c2)NC(=O)NC1=O. The summed E-state index contributed by atoms with van der Waals surface area (Å²) in [5.41, 5.74) is 1.99. The van der Waals surface area contributed by atoms with Crippen LogP contribution < -0.4 is 16.0 Å². The summed E-state index contributed by atoms with van der Waals surface area (Å²) in [6.45, 7) is 2.16. The number of anilines is 1. The first-order valence-electron chi connectivity index (χ1n) is 10.6. The number of benzene rings is 2. The molecule has 1 saturated heterocycles. The molecule has 3 heterocycles. The van der Waals surface area contributed by atoms with Crippen LogP contribution in [0, 0.1) is 0 Å². The minimum atomic E-state index is -1.21. The van der Waals surface area contributed by atoms with E-state index in [2.05, 4.69) is 21.0 Å². The van der Waals surface area contributed by atoms with Crippen LogP contribution in [0.3, 0.4) is 0 Å². The number of amides is 4. The number of urea groups is 1. The lowest BCUT2D eigenvalue weighted by atomic mass is 9.92. The second kappa shape index (κ2) is 8.60. The minimum absolute atomic E-state index is 0.315. The van der Waals surface area contributed by atoms with E-state index in [0.29, 0.717) is 29.1 Å². The van der Waals surface area contributed by atoms with Crippen LogP contribution in [0.25, 0.3) is 10.6 Å². The van der Waals surface area contributed by atoms with Crippen molar-refractivity contribution in [3.05, 3.63) is 95.0 Å². The van der Waals surface area contributed by atoms with Gasteiger partial charge in [-0.05, 0) is 41.6 Å². The smallest absolute Gasteiger partial charge is 0.322 e. The molecule has 170 valence electrons. The molecule has 3 N–H and O–H groups in total. The molecule has 5 rings (SSSR count). The van der Waals surface area contributed by atoms with Crippen molar-refractivity contribution in [2.45, 2.75) is 19.0 Å². The molecule has 1 fully saturated rings. The van der Waals surface area contributed by atoms with E-state index in [9.17, 15) is 14.4 Å². The number of hydrogen-bond donors (Lipinski definition) is 3. The normalized spacial score (nSPS) is 17.3. The molecule has 0 aliphatic carbocycles. The molecule has 4 amide bonds. The largest absolute Gasteiger partial charge is 0.322 e. The maximum atomic E-state index is 13.3. The third-order valence-electron chi connectivity index (χ3n) is 5.69. The van der Waals surface area contributed by atoms with Gasteiger partial charge in [0.25, 0.3) is 11.8 Å². The summed E-state index contributed by atoms with van der Waals surface area (Å²) >= 11 is 1.51. The number of nitrogens with zero attached hydrogens (tertiary/aromatic N) is 2. The van der Waals surface area contributed by atoms with Crippen LogP contribution in [0.1, 0.15) is 28.4 Å². The van der Waals surface area contributed by atoms with Gasteiger partial charge in [-0.25, -0.2) is 4.79 Å². The molecule has 0 radical (unpaired) electrons. The Labute approximate surface area is 199 Å². The minimum Gasteiger partial charge on any atom is -0.322 e. The summed E-state index contributed by atoms with van der Waals surface area (Å²) in [5.74, 6) is -0.756. The van der Waals surface area contributed by atoms with Crippen molar-refractivity contribution < 1.29 is 14.4 Å². The van der Waals surface area contributed by atoms with Crippen LogP contribution >= 0.6 is 11.3 Å². The summed E-state index contributed by atoms with van der Waals surface area (Å²) in [7, 11) is 0. The van der Waals surface area contributed by atoms with Crippen LogP contribution in [0.4, 0.5) is 10.5 Å². The first-order valence-corrected chi connectivity index (χ1v) is 11.5. The van der Waals surface area contributed by atoms with Crippen LogP contribution in [0.2, 0.25) is 0 Å². The van der Waals surface area contributed by atoms with E-state index in [-0.39, 0.29) is 5.91 Å². The second-order valence-corrected chi connectivity index (χ2v) is 9.07. The van der Waals surface area contributed by atoms with Gasteiger partial charge in [0.05, 0.1) is 17.0 Å². The Morgan fingerprint density at radius 2 is 1.91 bits per heavy atom. The maximum Gasteiger partial charge on any atom is 0.322 e. The molecule has 4 aromatic rings. The van der Waals surface area contributed by atoms with E-state index in [4.69, 9.17) is 0 Å². The van der Waals surface area contributed by atoms with Gasteiger partial charge in [-0.3, -0.25) is 19.6 Å². The molecule has 8 nitrogen and oxygen atoms in total. The molecule has 1 aliphatic heterocycles.